The fourth-order valence-corrected chi connectivity index (χ4v) is 2.83. The number of alkyl halides is 2. The van der Waals surface area contributed by atoms with Crippen LogP contribution in [0.2, 0.25) is 5.28 Å². The number of rotatable bonds is 4. The highest BCUT2D eigenvalue weighted by Crippen LogP contribution is 2.33. The summed E-state index contributed by atoms with van der Waals surface area (Å²) in [6.07, 6.45) is -1.23. The van der Waals surface area contributed by atoms with Gasteiger partial charge in [0.15, 0.2) is 0 Å². The number of hydrogen-bond donors (Lipinski definition) is 0. The van der Waals surface area contributed by atoms with Crippen LogP contribution in [-0.2, 0) is 0 Å². The van der Waals surface area contributed by atoms with Gasteiger partial charge in [-0.3, -0.25) is 0 Å². The van der Waals surface area contributed by atoms with E-state index in [1.807, 2.05) is 0 Å². The fourth-order valence-electron chi connectivity index (χ4n) is 2.30. The molecule has 4 nitrogen and oxygen atoms in total. The minimum atomic E-state index is -2.67. The van der Waals surface area contributed by atoms with E-state index < -0.39 is 18.8 Å². The molecule has 0 saturated heterocycles. The van der Waals surface area contributed by atoms with Crippen molar-refractivity contribution in [1.82, 2.24) is 15.0 Å². The lowest BCUT2D eigenvalue weighted by atomic mass is 10.2. The first-order valence-electron chi connectivity index (χ1n) is 6.74. The lowest BCUT2D eigenvalue weighted by molar-refractivity contribution is 0.158. The van der Waals surface area contributed by atoms with Crippen LogP contribution in [0.5, 0.6) is 0 Å². The van der Waals surface area contributed by atoms with Gasteiger partial charge in [-0.05, 0) is 51.8 Å². The Hall–Kier alpha value is -1.93. The highest BCUT2D eigenvalue weighted by Gasteiger charge is 2.22. The normalized spacial score (nSPS) is 11.2. The topological polar surface area (TPSA) is 41.9 Å². The molecule has 0 fully saturated rings. The van der Waals surface area contributed by atoms with E-state index in [1.165, 1.54) is 35.4 Å². The van der Waals surface area contributed by atoms with Gasteiger partial charge in [-0.1, -0.05) is 6.07 Å². The largest absolute Gasteiger partial charge is 0.320 e. The third-order valence-electron chi connectivity index (χ3n) is 3.22. The Morgan fingerprint density at radius 1 is 1.21 bits per heavy atom. The summed E-state index contributed by atoms with van der Waals surface area (Å²) in [6, 6.07) is 7.27. The maximum Gasteiger partial charge on any atom is 0.256 e. The minimum Gasteiger partial charge on any atom is -0.320 e. The third-order valence-corrected chi connectivity index (χ3v) is 3.83. The Labute approximate surface area is 148 Å². The van der Waals surface area contributed by atoms with Crippen LogP contribution < -0.4 is 4.90 Å². The SMILES string of the molecule is Fc1cccc2nc(Cl)nc(N(CC(F)F)c3ccnc(Br)c3)c12. The van der Waals surface area contributed by atoms with E-state index in [9.17, 15) is 13.2 Å². The summed E-state index contributed by atoms with van der Waals surface area (Å²) in [6.45, 7) is -0.687. The van der Waals surface area contributed by atoms with Crippen LogP contribution in [0.25, 0.3) is 10.9 Å². The monoisotopic (exact) mass is 416 g/mol. The van der Waals surface area contributed by atoms with Crippen LogP contribution in [0, 0.1) is 5.82 Å². The lowest BCUT2D eigenvalue weighted by Crippen LogP contribution is -2.25. The summed E-state index contributed by atoms with van der Waals surface area (Å²) < 4.78 is 41.0. The second kappa shape index (κ2) is 6.90. The summed E-state index contributed by atoms with van der Waals surface area (Å²) in [5, 5.41) is -0.133. The highest BCUT2D eigenvalue weighted by molar-refractivity contribution is 9.10. The van der Waals surface area contributed by atoms with Crippen molar-refractivity contribution in [2.24, 2.45) is 0 Å². The third kappa shape index (κ3) is 3.44. The van der Waals surface area contributed by atoms with Gasteiger partial charge < -0.3 is 4.90 Å². The van der Waals surface area contributed by atoms with Crippen molar-refractivity contribution in [2.45, 2.75) is 6.43 Å². The number of fused-ring (bicyclic) bond motifs is 1. The molecule has 0 aliphatic carbocycles. The summed E-state index contributed by atoms with van der Waals surface area (Å²) in [5.41, 5.74) is 0.605. The summed E-state index contributed by atoms with van der Waals surface area (Å²) in [4.78, 5) is 13.1. The van der Waals surface area contributed by atoms with Crippen molar-refractivity contribution in [3.63, 3.8) is 0 Å². The average molecular weight is 418 g/mol. The molecule has 1 aromatic carbocycles. The van der Waals surface area contributed by atoms with Crippen molar-refractivity contribution in [3.8, 4) is 0 Å². The lowest BCUT2D eigenvalue weighted by Gasteiger charge is -2.25. The average Bonchev–Trinajstić information content (AvgIpc) is 2.51. The molecule has 0 aliphatic rings. The molecule has 9 heteroatoms. The molecular formula is C15H9BrClF3N4. The van der Waals surface area contributed by atoms with E-state index in [-0.39, 0.29) is 22.0 Å². The number of hydrogen-bond acceptors (Lipinski definition) is 4. The number of benzene rings is 1. The molecule has 3 rings (SSSR count). The molecule has 0 radical (unpaired) electrons. The van der Waals surface area contributed by atoms with Crippen LogP contribution in [0.1, 0.15) is 0 Å². The van der Waals surface area contributed by atoms with E-state index in [0.717, 1.165) is 0 Å². The van der Waals surface area contributed by atoms with Gasteiger partial charge in [-0.15, -0.1) is 0 Å². The Kier molecular flexibility index (Phi) is 4.86. The van der Waals surface area contributed by atoms with E-state index in [1.54, 1.807) is 6.07 Å². The van der Waals surface area contributed by atoms with Gasteiger partial charge in [-0.25, -0.2) is 23.1 Å². The van der Waals surface area contributed by atoms with Gasteiger partial charge in [0, 0.05) is 11.9 Å². The first-order chi connectivity index (χ1) is 11.5. The molecule has 0 unspecified atom stereocenters. The highest BCUT2D eigenvalue weighted by atomic mass is 79.9. The Bertz CT molecular complexity index is 894. The van der Waals surface area contributed by atoms with Crippen LogP contribution in [-0.4, -0.2) is 27.9 Å². The Balaban J connectivity index is 2.26. The second-order valence-corrected chi connectivity index (χ2v) is 5.94. The number of nitrogens with zero attached hydrogens (tertiary/aromatic N) is 4. The van der Waals surface area contributed by atoms with Gasteiger partial charge in [0.25, 0.3) is 6.43 Å². The smallest absolute Gasteiger partial charge is 0.256 e. The first-order valence-corrected chi connectivity index (χ1v) is 7.92. The van der Waals surface area contributed by atoms with Gasteiger partial charge >= 0.3 is 0 Å². The zero-order valence-corrected chi connectivity index (χ0v) is 14.3. The molecule has 2 aromatic heterocycles. The maximum atomic E-state index is 14.3. The van der Waals surface area contributed by atoms with E-state index in [2.05, 4.69) is 30.9 Å². The fraction of sp³-hybridized carbons (Fsp3) is 0.133. The second-order valence-electron chi connectivity index (χ2n) is 4.79. The van der Waals surface area contributed by atoms with E-state index in [0.29, 0.717) is 10.3 Å². The minimum absolute atomic E-state index is 0.0236. The number of halogens is 5. The van der Waals surface area contributed by atoms with Crippen molar-refractivity contribution < 1.29 is 13.2 Å². The molecule has 0 amide bonds. The summed E-state index contributed by atoms with van der Waals surface area (Å²) in [7, 11) is 0. The molecule has 0 bridgehead atoms. The van der Waals surface area contributed by atoms with Crippen molar-refractivity contribution in [3.05, 3.63) is 52.2 Å². The van der Waals surface area contributed by atoms with E-state index >= 15 is 0 Å². The predicted molar refractivity (Wildman–Crippen MR) is 89.5 cm³/mol. The molecule has 124 valence electrons. The Morgan fingerprint density at radius 2 is 2.00 bits per heavy atom. The molecule has 0 saturated carbocycles. The van der Waals surface area contributed by atoms with Crippen LogP contribution >= 0.6 is 27.5 Å². The van der Waals surface area contributed by atoms with Crippen molar-refractivity contribution in [2.75, 3.05) is 11.4 Å². The Morgan fingerprint density at radius 3 is 2.71 bits per heavy atom. The van der Waals surface area contributed by atoms with Crippen LogP contribution in [0.4, 0.5) is 24.7 Å². The van der Waals surface area contributed by atoms with Gasteiger partial charge in [0.2, 0.25) is 5.28 Å². The molecule has 0 N–H and O–H groups in total. The molecule has 3 aromatic rings. The van der Waals surface area contributed by atoms with Gasteiger partial charge in [0.1, 0.15) is 16.2 Å². The predicted octanol–water partition coefficient (Wildman–Crippen LogP) is 4.98. The molecule has 2 heterocycles. The zero-order valence-electron chi connectivity index (χ0n) is 11.9. The van der Waals surface area contributed by atoms with Gasteiger partial charge in [0.05, 0.1) is 17.4 Å². The quantitative estimate of drug-likeness (QED) is 0.443. The van der Waals surface area contributed by atoms with Crippen molar-refractivity contribution >= 4 is 49.9 Å². The molecular weight excluding hydrogens is 409 g/mol. The number of aromatic nitrogens is 3. The van der Waals surface area contributed by atoms with E-state index in [4.69, 9.17) is 11.6 Å². The van der Waals surface area contributed by atoms with Gasteiger partial charge in [-0.2, -0.15) is 4.98 Å². The molecule has 0 atom stereocenters. The standard InChI is InChI=1S/C15H9BrClF3N4/c16-11-6-8(4-5-21-11)24(7-12(19)20)14-13-9(18)2-1-3-10(13)22-15(17)23-14/h1-6,12H,7H2. The molecule has 24 heavy (non-hydrogen) atoms. The summed E-state index contributed by atoms with van der Waals surface area (Å²) >= 11 is 9.08. The molecule has 0 spiro atoms. The summed E-state index contributed by atoms with van der Waals surface area (Å²) in [5.74, 6) is -0.645. The molecule has 0 aliphatic heterocycles. The van der Waals surface area contributed by atoms with Crippen molar-refractivity contribution in [1.29, 1.82) is 0 Å². The first kappa shape index (κ1) is 16.9. The number of pyridine rings is 1. The zero-order chi connectivity index (χ0) is 17.3. The maximum absolute atomic E-state index is 14.3. The van der Waals surface area contributed by atoms with Crippen LogP contribution in [0.3, 0.4) is 0 Å². The van der Waals surface area contributed by atoms with Crippen LogP contribution in [0.15, 0.2) is 41.1 Å². The number of anilines is 2.